The zero-order chi connectivity index (χ0) is 13.3. The number of rotatable bonds is 3. The Hall–Kier alpha value is -0.720. The number of carbonyl (C=O) groups is 2. The molecule has 0 aliphatic carbocycles. The van der Waals surface area contributed by atoms with Crippen LogP contribution in [0, 0.1) is 0 Å². The highest BCUT2D eigenvalue weighted by Crippen LogP contribution is 2.35. The quantitative estimate of drug-likeness (QED) is 0.629. The van der Waals surface area contributed by atoms with Crippen LogP contribution in [0.2, 0.25) is 0 Å². The summed E-state index contributed by atoms with van der Waals surface area (Å²) in [6.45, 7) is 2.88. The first-order valence-corrected chi connectivity index (χ1v) is 7.52. The van der Waals surface area contributed by atoms with Crippen molar-refractivity contribution in [3.05, 3.63) is 21.9 Å². The largest absolute Gasteiger partial charge is 0.358 e. The fourth-order valence-electron chi connectivity index (χ4n) is 1.90. The second kappa shape index (κ2) is 5.11. The molecule has 1 atom stereocenters. The van der Waals surface area contributed by atoms with Gasteiger partial charge < -0.3 is 9.64 Å². The van der Waals surface area contributed by atoms with Gasteiger partial charge in [0.05, 0.1) is 16.8 Å². The maximum Gasteiger partial charge on any atom is 0.259 e. The van der Waals surface area contributed by atoms with Gasteiger partial charge in [-0.1, -0.05) is 15.9 Å². The van der Waals surface area contributed by atoms with Crippen molar-refractivity contribution in [1.82, 2.24) is 4.90 Å². The van der Waals surface area contributed by atoms with E-state index >= 15 is 0 Å². The van der Waals surface area contributed by atoms with Crippen LogP contribution < -0.4 is 0 Å². The van der Waals surface area contributed by atoms with Crippen molar-refractivity contribution in [2.24, 2.45) is 0 Å². The Morgan fingerprint density at radius 3 is 3.00 bits per heavy atom. The summed E-state index contributed by atoms with van der Waals surface area (Å²) >= 11 is 4.47. The second-order valence-electron chi connectivity index (χ2n) is 4.33. The Labute approximate surface area is 118 Å². The Morgan fingerprint density at radius 2 is 2.33 bits per heavy atom. The van der Waals surface area contributed by atoms with Crippen molar-refractivity contribution in [1.29, 1.82) is 0 Å². The minimum atomic E-state index is -0.956. The van der Waals surface area contributed by atoms with Crippen molar-refractivity contribution in [3.8, 4) is 0 Å². The molecule has 0 radical (unpaired) electrons. The van der Waals surface area contributed by atoms with Gasteiger partial charge in [0.2, 0.25) is 0 Å². The van der Waals surface area contributed by atoms with Gasteiger partial charge in [-0.2, -0.15) is 0 Å². The molecule has 2 rings (SSSR count). The van der Waals surface area contributed by atoms with Crippen LogP contribution in [0.3, 0.4) is 0 Å². The maximum absolute atomic E-state index is 12.2. The lowest BCUT2D eigenvalue weighted by molar-refractivity contribution is -0.168. The normalized spacial score (nSPS) is 24.4. The van der Waals surface area contributed by atoms with Crippen LogP contribution in [0.25, 0.3) is 0 Å². The van der Waals surface area contributed by atoms with E-state index in [1.807, 2.05) is 0 Å². The fourth-order valence-corrected chi connectivity index (χ4v) is 3.42. The lowest BCUT2D eigenvalue weighted by Crippen LogP contribution is -2.51. The predicted octanol–water partition coefficient (Wildman–Crippen LogP) is 2.03. The lowest BCUT2D eigenvalue weighted by atomic mass is 10.0. The van der Waals surface area contributed by atoms with Gasteiger partial charge in [0.1, 0.15) is 0 Å². The third kappa shape index (κ3) is 2.24. The first-order chi connectivity index (χ1) is 8.49. The summed E-state index contributed by atoms with van der Waals surface area (Å²) in [6.07, 6.45) is 0. The van der Waals surface area contributed by atoms with Crippen molar-refractivity contribution < 1.29 is 14.3 Å². The molecular weight excluding hydrogens is 318 g/mol. The van der Waals surface area contributed by atoms with Crippen molar-refractivity contribution in [3.63, 3.8) is 0 Å². The molecule has 0 saturated carbocycles. The average Bonchev–Trinajstić information content (AvgIpc) is 2.85. The summed E-state index contributed by atoms with van der Waals surface area (Å²) in [5.74, 6) is -0.0418. The Morgan fingerprint density at radius 1 is 1.61 bits per heavy atom. The molecule has 0 aromatic carbocycles. The average molecular weight is 332 g/mol. The summed E-state index contributed by atoms with van der Waals surface area (Å²) in [4.78, 5) is 26.9. The van der Waals surface area contributed by atoms with E-state index in [1.165, 1.54) is 11.3 Å². The topological polar surface area (TPSA) is 46.6 Å². The monoisotopic (exact) mass is 331 g/mol. The number of nitrogens with zero attached hydrogens (tertiary/aromatic N) is 1. The maximum atomic E-state index is 12.2. The van der Waals surface area contributed by atoms with Gasteiger partial charge >= 0.3 is 0 Å². The molecule has 98 valence electrons. The molecule has 1 fully saturated rings. The lowest BCUT2D eigenvalue weighted by Gasteiger charge is -2.36. The zero-order valence-corrected chi connectivity index (χ0v) is 12.6. The van der Waals surface area contributed by atoms with Gasteiger partial charge in [-0.15, -0.1) is 11.3 Å². The number of morpholine rings is 1. The van der Waals surface area contributed by atoms with E-state index in [2.05, 4.69) is 15.9 Å². The summed E-state index contributed by atoms with van der Waals surface area (Å²) in [7, 11) is 1.77. The van der Waals surface area contributed by atoms with Crippen molar-refractivity contribution in [2.75, 3.05) is 25.5 Å². The minimum Gasteiger partial charge on any atom is -0.358 e. The van der Waals surface area contributed by atoms with E-state index in [9.17, 15) is 9.59 Å². The van der Waals surface area contributed by atoms with Crippen LogP contribution in [-0.2, 0) is 15.1 Å². The van der Waals surface area contributed by atoms with E-state index in [0.29, 0.717) is 23.4 Å². The molecular formula is C12H14BrNO3S. The number of thiophene rings is 1. The van der Waals surface area contributed by atoms with Gasteiger partial charge in [0, 0.05) is 18.5 Å². The SMILES string of the molecule is CN1CCOC(C)(c2ccc(C(=O)CBr)s2)C1=O. The number of Topliss-reactive ketones (excluding diaryl/α,β-unsaturated/α-hetero) is 1. The number of amides is 1. The molecule has 1 unspecified atom stereocenters. The van der Waals surface area contributed by atoms with E-state index in [-0.39, 0.29) is 11.7 Å². The zero-order valence-electron chi connectivity index (χ0n) is 10.2. The molecule has 0 spiro atoms. The molecule has 2 heterocycles. The van der Waals surface area contributed by atoms with Crippen LogP contribution in [-0.4, -0.2) is 42.1 Å². The van der Waals surface area contributed by atoms with Gasteiger partial charge in [-0.25, -0.2) is 0 Å². The number of hydrogen-bond acceptors (Lipinski definition) is 4. The first-order valence-electron chi connectivity index (χ1n) is 5.58. The van der Waals surface area contributed by atoms with Crippen LogP contribution in [0.15, 0.2) is 12.1 Å². The predicted molar refractivity (Wildman–Crippen MR) is 73.4 cm³/mol. The highest BCUT2D eigenvalue weighted by atomic mass is 79.9. The Balaban J connectivity index is 2.32. The molecule has 1 saturated heterocycles. The number of hydrogen-bond donors (Lipinski definition) is 0. The van der Waals surface area contributed by atoms with Crippen LogP contribution in [0.1, 0.15) is 21.5 Å². The van der Waals surface area contributed by atoms with E-state index in [1.54, 1.807) is 31.0 Å². The summed E-state index contributed by atoms with van der Waals surface area (Å²) in [5.41, 5.74) is -0.956. The molecule has 1 aromatic rings. The molecule has 6 heteroatoms. The smallest absolute Gasteiger partial charge is 0.259 e. The summed E-state index contributed by atoms with van der Waals surface area (Å²) in [5, 5.41) is 0.290. The fraction of sp³-hybridized carbons (Fsp3) is 0.500. The first kappa shape index (κ1) is 13.7. The Kier molecular flexibility index (Phi) is 3.89. The Bertz CT molecular complexity index is 487. The molecule has 4 nitrogen and oxygen atoms in total. The second-order valence-corrected chi connectivity index (χ2v) is 5.97. The van der Waals surface area contributed by atoms with Crippen molar-refractivity contribution >= 4 is 39.0 Å². The van der Waals surface area contributed by atoms with Crippen LogP contribution >= 0.6 is 27.3 Å². The van der Waals surface area contributed by atoms with E-state index < -0.39 is 5.60 Å². The van der Waals surface area contributed by atoms with E-state index in [4.69, 9.17) is 4.74 Å². The molecule has 1 aliphatic rings. The van der Waals surface area contributed by atoms with Gasteiger partial charge in [-0.3, -0.25) is 9.59 Å². The minimum absolute atomic E-state index is 0.0199. The molecule has 0 bridgehead atoms. The summed E-state index contributed by atoms with van der Waals surface area (Å²) < 4.78 is 5.66. The van der Waals surface area contributed by atoms with Crippen molar-refractivity contribution in [2.45, 2.75) is 12.5 Å². The van der Waals surface area contributed by atoms with Gasteiger partial charge in [0.15, 0.2) is 11.4 Å². The van der Waals surface area contributed by atoms with Gasteiger partial charge in [0.25, 0.3) is 5.91 Å². The van der Waals surface area contributed by atoms with Gasteiger partial charge in [-0.05, 0) is 19.1 Å². The number of ether oxygens (including phenoxy) is 1. The third-order valence-corrected chi connectivity index (χ3v) is 4.88. The number of halogens is 1. The molecule has 18 heavy (non-hydrogen) atoms. The standard InChI is InChI=1S/C12H14BrNO3S/c1-12(11(16)14(2)5-6-17-12)10-4-3-9(18-10)8(15)7-13/h3-4H,5-7H2,1-2H3. The highest BCUT2D eigenvalue weighted by Gasteiger charge is 2.42. The van der Waals surface area contributed by atoms with E-state index in [0.717, 1.165) is 4.88 Å². The number of likely N-dealkylation sites (N-methyl/N-ethyl adjacent to an activating group) is 1. The van der Waals surface area contributed by atoms with Crippen LogP contribution in [0.4, 0.5) is 0 Å². The number of carbonyl (C=O) groups excluding carboxylic acids is 2. The molecule has 1 amide bonds. The highest BCUT2D eigenvalue weighted by molar-refractivity contribution is 9.09. The molecule has 1 aromatic heterocycles. The molecule has 0 N–H and O–H groups in total. The van der Waals surface area contributed by atoms with Crippen LogP contribution in [0.5, 0.6) is 0 Å². The summed E-state index contributed by atoms with van der Waals surface area (Å²) in [6, 6.07) is 3.55. The molecule has 1 aliphatic heterocycles. The number of alkyl halides is 1. The number of ketones is 1. The third-order valence-electron chi connectivity index (χ3n) is 3.04.